The van der Waals surface area contributed by atoms with E-state index in [-0.39, 0.29) is 6.61 Å². The van der Waals surface area contributed by atoms with E-state index >= 15 is 0 Å². The van der Waals surface area contributed by atoms with Crippen molar-refractivity contribution in [2.45, 2.75) is 13.0 Å². The van der Waals surface area contributed by atoms with Crippen LogP contribution in [0.1, 0.15) is 18.5 Å². The van der Waals surface area contributed by atoms with Crippen LogP contribution in [0, 0.1) is 0 Å². The van der Waals surface area contributed by atoms with E-state index in [1.807, 2.05) is 18.2 Å². The number of hydrogen-bond acceptors (Lipinski definition) is 8. The molecule has 0 radical (unpaired) electrons. The number of benzene rings is 1. The predicted octanol–water partition coefficient (Wildman–Crippen LogP) is 1.92. The minimum Gasteiger partial charge on any atom is -0.496 e. The molecule has 0 saturated carbocycles. The van der Waals surface area contributed by atoms with Crippen molar-refractivity contribution in [1.29, 1.82) is 0 Å². The van der Waals surface area contributed by atoms with E-state index < -0.39 is 12.0 Å². The standard InChI is InChI=1S/C16H18BrN5O4/c1-9-13(15(23)26-7-6-24-2)14(22-16(18-9)19-20-21-22)10-4-5-12(25-3)11(17)8-10/h4-5,8,14H,6-7H2,1-3H3,(H,18,19,21). The molecule has 2 heterocycles. The van der Waals surface area contributed by atoms with Gasteiger partial charge in [0, 0.05) is 12.8 Å². The number of hydrogen-bond donors (Lipinski definition) is 1. The van der Waals surface area contributed by atoms with Gasteiger partial charge in [0.25, 0.3) is 0 Å². The molecule has 138 valence electrons. The zero-order valence-corrected chi connectivity index (χ0v) is 16.1. The van der Waals surface area contributed by atoms with Crippen LogP contribution in [0.4, 0.5) is 5.95 Å². The van der Waals surface area contributed by atoms with Crippen LogP contribution >= 0.6 is 15.9 Å². The van der Waals surface area contributed by atoms with Gasteiger partial charge in [0.05, 0.1) is 23.8 Å². The summed E-state index contributed by atoms with van der Waals surface area (Å²) in [4.78, 5) is 12.7. The lowest BCUT2D eigenvalue weighted by atomic mass is 9.96. The maximum Gasteiger partial charge on any atom is 0.338 e. The van der Waals surface area contributed by atoms with Crippen molar-refractivity contribution in [2.75, 3.05) is 32.8 Å². The second kappa shape index (κ2) is 7.83. The predicted molar refractivity (Wildman–Crippen MR) is 95.8 cm³/mol. The highest BCUT2D eigenvalue weighted by Crippen LogP contribution is 2.37. The molecule has 0 fully saturated rings. The SMILES string of the molecule is COCCOC(=O)C1=C(C)Nc2nnnn2C1c1ccc(OC)c(Br)c1. The Bertz CT molecular complexity index is 851. The van der Waals surface area contributed by atoms with Crippen molar-refractivity contribution in [1.82, 2.24) is 20.2 Å². The van der Waals surface area contributed by atoms with E-state index in [0.717, 1.165) is 10.0 Å². The quantitative estimate of drug-likeness (QED) is 0.555. The van der Waals surface area contributed by atoms with Crippen LogP contribution in [0.15, 0.2) is 33.9 Å². The van der Waals surface area contributed by atoms with Gasteiger partial charge in [0.1, 0.15) is 18.4 Å². The van der Waals surface area contributed by atoms with Gasteiger partial charge >= 0.3 is 5.97 Å². The number of tetrazole rings is 1. The van der Waals surface area contributed by atoms with Gasteiger partial charge in [0.15, 0.2) is 0 Å². The van der Waals surface area contributed by atoms with Crippen LogP contribution in [0.25, 0.3) is 0 Å². The third kappa shape index (κ3) is 3.42. The zero-order valence-electron chi connectivity index (χ0n) is 14.5. The first-order valence-electron chi connectivity index (χ1n) is 7.82. The minimum atomic E-state index is -0.529. The number of esters is 1. The number of carbonyl (C=O) groups excluding carboxylic acids is 1. The second-order valence-corrected chi connectivity index (χ2v) is 6.39. The molecule has 1 aromatic carbocycles. The maximum absolute atomic E-state index is 12.7. The Morgan fingerprint density at radius 1 is 1.35 bits per heavy atom. The molecule has 0 spiro atoms. The number of nitrogens with one attached hydrogen (secondary N) is 1. The number of aromatic nitrogens is 4. The molecular formula is C16H18BrN5O4. The third-order valence-corrected chi connectivity index (χ3v) is 4.57. The number of fused-ring (bicyclic) bond motifs is 1. The van der Waals surface area contributed by atoms with Crippen molar-refractivity contribution in [3.05, 3.63) is 39.5 Å². The van der Waals surface area contributed by atoms with Gasteiger partial charge in [-0.1, -0.05) is 11.2 Å². The van der Waals surface area contributed by atoms with Crippen LogP contribution in [-0.2, 0) is 14.3 Å². The number of carbonyl (C=O) groups is 1. The molecule has 0 saturated heterocycles. The average molecular weight is 424 g/mol. The number of halogens is 1. The van der Waals surface area contributed by atoms with Gasteiger partial charge in [-0.3, -0.25) is 0 Å². The molecule has 9 nitrogen and oxygen atoms in total. The normalized spacial score (nSPS) is 16.1. The third-order valence-electron chi connectivity index (χ3n) is 3.95. The van der Waals surface area contributed by atoms with E-state index in [1.165, 1.54) is 0 Å². The molecule has 3 rings (SSSR count). The molecule has 1 aliphatic rings. The molecule has 1 aromatic heterocycles. The van der Waals surface area contributed by atoms with Gasteiger partial charge in [-0.25, -0.2) is 4.79 Å². The molecule has 1 unspecified atom stereocenters. The van der Waals surface area contributed by atoms with Gasteiger partial charge in [-0.2, -0.15) is 4.68 Å². The molecule has 26 heavy (non-hydrogen) atoms. The van der Waals surface area contributed by atoms with Gasteiger partial charge < -0.3 is 19.5 Å². The first-order chi connectivity index (χ1) is 12.6. The average Bonchev–Trinajstić information content (AvgIpc) is 3.08. The Labute approximate surface area is 158 Å². The molecule has 1 N–H and O–H groups in total. The number of anilines is 1. The number of nitrogens with zero attached hydrogens (tertiary/aromatic N) is 4. The summed E-state index contributed by atoms with van der Waals surface area (Å²) in [5.74, 6) is 0.683. The molecule has 1 aliphatic heterocycles. The molecule has 2 aromatic rings. The van der Waals surface area contributed by atoms with Crippen LogP contribution in [0.2, 0.25) is 0 Å². The lowest BCUT2D eigenvalue weighted by Gasteiger charge is -2.27. The van der Waals surface area contributed by atoms with Crippen molar-refractivity contribution in [2.24, 2.45) is 0 Å². The van der Waals surface area contributed by atoms with Crippen LogP contribution in [0.5, 0.6) is 5.75 Å². The van der Waals surface area contributed by atoms with E-state index in [2.05, 4.69) is 36.8 Å². The van der Waals surface area contributed by atoms with Crippen molar-refractivity contribution in [3.63, 3.8) is 0 Å². The largest absolute Gasteiger partial charge is 0.496 e. The summed E-state index contributed by atoms with van der Waals surface area (Å²) in [7, 11) is 3.14. The second-order valence-electron chi connectivity index (χ2n) is 5.54. The van der Waals surface area contributed by atoms with Crippen LogP contribution in [0.3, 0.4) is 0 Å². The fraction of sp³-hybridized carbons (Fsp3) is 0.375. The number of methoxy groups -OCH3 is 2. The molecule has 0 bridgehead atoms. The molecule has 0 amide bonds. The van der Waals surface area contributed by atoms with E-state index in [1.54, 1.807) is 25.8 Å². The highest BCUT2D eigenvalue weighted by Gasteiger charge is 2.35. The highest BCUT2D eigenvalue weighted by atomic mass is 79.9. The Balaban J connectivity index is 2.03. The summed E-state index contributed by atoms with van der Waals surface area (Å²) in [6, 6.07) is 5.02. The topological polar surface area (TPSA) is 100 Å². The number of allylic oxidation sites excluding steroid dienone is 1. The number of rotatable bonds is 6. The summed E-state index contributed by atoms with van der Waals surface area (Å²) >= 11 is 3.48. The summed E-state index contributed by atoms with van der Waals surface area (Å²) in [6.45, 7) is 2.27. The van der Waals surface area contributed by atoms with Crippen LogP contribution in [-0.4, -0.2) is 53.6 Å². The summed E-state index contributed by atoms with van der Waals surface area (Å²) in [5.41, 5.74) is 1.87. The van der Waals surface area contributed by atoms with Crippen molar-refractivity contribution in [3.8, 4) is 5.75 Å². The van der Waals surface area contributed by atoms with Crippen molar-refractivity contribution < 1.29 is 19.0 Å². The van der Waals surface area contributed by atoms with Gasteiger partial charge in [0.2, 0.25) is 5.95 Å². The lowest BCUT2D eigenvalue weighted by molar-refractivity contribution is -0.140. The van der Waals surface area contributed by atoms with E-state index in [4.69, 9.17) is 14.2 Å². The Hall–Kier alpha value is -2.46. The van der Waals surface area contributed by atoms with Crippen molar-refractivity contribution >= 4 is 27.8 Å². The highest BCUT2D eigenvalue weighted by molar-refractivity contribution is 9.10. The Kier molecular flexibility index (Phi) is 5.52. The maximum atomic E-state index is 12.7. The molecule has 1 atom stereocenters. The fourth-order valence-electron chi connectivity index (χ4n) is 2.73. The first kappa shape index (κ1) is 18.3. The monoisotopic (exact) mass is 423 g/mol. The lowest BCUT2D eigenvalue weighted by Crippen LogP contribution is -2.30. The zero-order chi connectivity index (χ0) is 18.7. The Morgan fingerprint density at radius 2 is 2.15 bits per heavy atom. The summed E-state index contributed by atoms with van der Waals surface area (Å²) in [5, 5.41) is 14.7. The fourth-order valence-corrected chi connectivity index (χ4v) is 3.29. The van der Waals surface area contributed by atoms with Gasteiger partial charge in [-0.15, -0.1) is 0 Å². The van der Waals surface area contributed by atoms with Crippen LogP contribution < -0.4 is 10.1 Å². The number of ether oxygens (including phenoxy) is 3. The molecule has 10 heteroatoms. The van der Waals surface area contributed by atoms with E-state index in [0.29, 0.717) is 29.6 Å². The minimum absolute atomic E-state index is 0.160. The molecule has 0 aliphatic carbocycles. The van der Waals surface area contributed by atoms with Gasteiger partial charge in [-0.05, 0) is 51.0 Å². The first-order valence-corrected chi connectivity index (χ1v) is 8.61. The summed E-state index contributed by atoms with van der Waals surface area (Å²) < 4.78 is 17.9. The Morgan fingerprint density at radius 3 is 2.85 bits per heavy atom. The van der Waals surface area contributed by atoms with E-state index in [9.17, 15) is 4.79 Å². The summed E-state index contributed by atoms with van der Waals surface area (Å²) in [6.07, 6.45) is 0. The smallest absolute Gasteiger partial charge is 0.338 e. The molecular weight excluding hydrogens is 406 g/mol.